The van der Waals surface area contributed by atoms with Crippen LogP contribution in [0.4, 0.5) is 0 Å². The maximum absolute atomic E-state index is 6.11. The number of ether oxygens (including phenoxy) is 4. The zero-order valence-corrected chi connectivity index (χ0v) is 19.6. The molecular formula is C23H39N3O4. The van der Waals surface area contributed by atoms with Crippen LogP contribution >= 0.6 is 0 Å². The van der Waals surface area contributed by atoms with Crippen LogP contribution in [0.3, 0.4) is 0 Å². The van der Waals surface area contributed by atoms with Gasteiger partial charge >= 0.3 is 0 Å². The standard InChI is InChI=1S/C23H39N3O4/c1-8-24-22(26-15-17-10-9-13-30-21(17)23(2,3)4)25-14-16-11-12-18(27-5)20(29-7)19(16)28-6/h11-12,17,21H,8-10,13-15H2,1-7H3,(H2,24,25,26). The monoisotopic (exact) mass is 421 g/mol. The van der Waals surface area contributed by atoms with Crippen LogP contribution in [0.25, 0.3) is 0 Å². The number of hydrogen-bond donors (Lipinski definition) is 2. The molecule has 2 rings (SSSR count). The van der Waals surface area contributed by atoms with Crippen LogP contribution in [-0.2, 0) is 11.3 Å². The number of benzene rings is 1. The molecule has 170 valence electrons. The molecule has 7 nitrogen and oxygen atoms in total. The molecule has 1 fully saturated rings. The summed E-state index contributed by atoms with van der Waals surface area (Å²) in [5.74, 6) is 3.10. The topological polar surface area (TPSA) is 73.3 Å². The van der Waals surface area contributed by atoms with Crippen LogP contribution in [-0.4, -0.2) is 53.1 Å². The van der Waals surface area contributed by atoms with E-state index in [-0.39, 0.29) is 11.5 Å². The van der Waals surface area contributed by atoms with Gasteiger partial charge in [0, 0.05) is 31.2 Å². The van der Waals surface area contributed by atoms with E-state index in [0.29, 0.717) is 29.7 Å². The largest absolute Gasteiger partial charge is 0.493 e. The van der Waals surface area contributed by atoms with E-state index in [1.165, 1.54) is 0 Å². The normalized spacial score (nSPS) is 19.9. The predicted octanol–water partition coefficient (Wildman–Crippen LogP) is 3.61. The van der Waals surface area contributed by atoms with Crippen molar-refractivity contribution in [3.63, 3.8) is 0 Å². The van der Waals surface area contributed by atoms with Crippen molar-refractivity contribution in [1.82, 2.24) is 10.6 Å². The minimum atomic E-state index is 0.120. The molecule has 2 atom stereocenters. The smallest absolute Gasteiger partial charge is 0.203 e. The first-order chi connectivity index (χ1) is 14.3. The number of hydrogen-bond acceptors (Lipinski definition) is 5. The molecule has 1 aromatic carbocycles. The fourth-order valence-electron chi connectivity index (χ4n) is 4.03. The lowest BCUT2D eigenvalue weighted by Gasteiger charge is -2.40. The number of methoxy groups -OCH3 is 3. The SMILES string of the molecule is CCNC(=NCc1ccc(OC)c(OC)c1OC)NCC1CCCOC1C(C)(C)C. The molecule has 1 aromatic rings. The van der Waals surface area contributed by atoms with Crippen LogP contribution in [0.15, 0.2) is 17.1 Å². The molecule has 1 saturated heterocycles. The Balaban J connectivity index is 2.13. The molecule has 2 N–H and O–H groups in total. The number of nitrogens with zero attached hydrogens (tertiary/aromatic N) is 1. The van der Waals surface area contributed by atoms with Gasteiger partial charge in [-0.3, -0.25) is 0 Å². The van der Waals surface area contributed by atoms with E-state index in [4.69, 9.17) is 23.9 Å². The Labute approximate surface area is 181 Å². The molecule has 2 unspecified atom stereocenters. The van der Waals surface area contributed by atoms with Gasteiger partial charge in [0.25, 0.3) is 0 Å². The fraction of sp³-hybridized carbons (Fsp3) is 0.696. The lowest BCUT2D eigenvalue weighted by molar-refractivity contribution is -0.0835. The maximum Gasteiger partial charge on any atom is 0.203 e. The predicted molar refractivity (Wildman–Crippen MR) is 121 cm³/mol. The summed E-state index contributed by atoms with van der Waals surface area (Å²) in [5, 5.41) is 6.85. The van der Waals surface area contributed by atoms with Crippen LogP contribution < -0.4 is 24.8 Å². The highest BCUT2D eigenvalue weighted by atomic mass is 16.5. The molecule has 1 aliphatic rings. The van der Waals surface area contributed by atoms with Gasteiger partial charge in [-0.1, -0.05) is 20.8 Å². The highest BCUT2D eigenvalue weighted by Gasteiger charge is 2.35. The summed E-state index contributed by atoms with van der Waals surface area (Å²) in [4.78, 5) is 4.77. The number of guanidine groups is 1. The van der Waals surface area contributed by atoms with E-state index in [0.717, 1.165) is 44.1 Å². The second kappa shape index (κ2) is 11.3. The average molecular weight is 422 g/mol. The van der Waals surface area contributed by atoms with Gasteiger partial charge in [0.15, 0.2) is 17.5 Å². The zero-order chi connectivity index (χ0) is 22.1. The van der Waals surface area contributed by atoms with Gasteiger partial charge in [0.2, 0.25) is 5.75 Å². The van der Waals surface area contributed by atoms with E-state index < -0.39 is 0 Å². The Bertz CT molecular complexity index is 700. The number of nitrogens with one attached hydrogen (secondary N) is 2. The number of aliphatic imine (C=N–C) groups is 1. The van der Waals surface area contributed by atoms with Crippen LogP contribution in [0.2, 0.25) is 0 Å². The van der Waals surface area contributed by atoms with Crippen molar-refractivity contribution in [2.45, 2.75) is 53.2 Å². The summed E-state index contributed by atoms with van der Waals surface area (Å²) in [6, 6.07) is 3.83. The molecule has 0 spiro atoms. The fourth-order valence-corrected chi connectivity index (χ4v) is 4.03. The van der Waals surface area contributed by atoms with Crippen molar-refractivity contribution in [2.75, 3.05) is 41.0 Å². The average Bonchev–Trinajstić information content (AvgIpc) is 2.74. The van der Waals surface area contributed by atoms with E-state index in [9.17, 15) is 0 Å². The van der Waals surface area contributed by atoms with Crippen molar-refractivity contribution in [2.24, 2.45) is 16.3 Å². The molecule has 1 aliphatic heterocycles. The van der Waals surface area contributed by atoms with Crippen molar-refractivity contribution in [1.29, 1.82) is 0 Å². The Morgan fingerprint density at radius 3 is 2.43 bits per heavy atom. The molecule has 0 radical (unpaired) electrons. The lowest BCUT2D eigenvalue weighted by atomic mass is 9.78. The van der Waals surface area contributed by atoms with E-state index in [2.05, 4.69) is 38.3 Å². The van der Waals surface area contributed by atoms with Gasteiger partial charge in [0.05, 0.1) is 34.0 Å². The first kappa shape index (κ1) is 24.1. The second-order valence-electron chi connectivity index (χ2n) is 8.63. The lowest BCUT2D eigenvalue weighted by Crippen LogP contribution is -2.47. The summed E-state index contributed by atoms with van der Waals surface area (Å²) < 4.78 is 22.5. The third-order valence-corrected chi connectivity index (χ3v) is 5.37. The number of rotatable bonds is 8. The Kier molecular flexibility index (Phi) is 9.08. The molecule has 0 bridgehead atoms. The van der Waals surface area contributed by atoms with Crippen LogP contribution in [0.5, 0.6) is 17.2 Å². The summed E-state index contributed by atoms with van der Waals surface area (Å²) in [5.41, 5.74) is 1.05. The highest BCUT2D eigenvalue weighted by Crippen LogP contribution is 2.40. The third-order valence-electron chi connectivity index (χ3n) is 5.37. The molecule has 0 aromatic heterocycles. The Morgan fingerprint density at radius 2 is 1.83 bits per heavy atom. The summed E-state index contributed by atoms with van der Waals surface area (Å²) >= 11 is 0. The van der Waals surface area contributed by atoms with Gasteiger partial charge in [-0.05, 0) is 37.3 Å². The quantitative estimate of drug-likeness (QED) is 0.493. The van der Waals surface area contributed by atoms with Crippen LogP contribution in [0, 0.1) is 11.3 Å². The molecule has 0 amide bonds. The van der Waals surface area contributed by atoms with Crippen molar-refractivity contribution in [3.05, 3.63) is 17.7 Å². The van der Waals surface area contributed by atoms with E-state index in [1.54, 1.807) is 21.3 Å². The first-order valence-electron chi connectivity index (χ1n) is 10.8. The van der Waals surface area contributed by atoms with Gasteiger partial charge in [-0.2, -0.15) is 0 Å². The van der Waals surface area contributed by atoms with Gasteiger partial charge in [0.1, 0.15) is 0 Å². The highest BCUT2D eigenvalue weighted by molar-refractivity contribution is 5.79. The molecule has 0 saturated carbocycles. The Hall–Kier alpha value is -2.15. The molecular weight excluding hydrogens is 382 g/mol. The van der Waals surface area contributed by atoms with Gasteiger partial charge in [-0.25, -0.2) is 4.99 Å². The van der Waals surface area contributed by atoms with Crippen LogP contribution in [0.1, 0.15) is 46.1 Å². The Morgan fingerprint density at radius 1 is 1.10 bits per heavy atom. The summed E-state index contributed by atoms with van der Waals surface area (Å²) in [6.45, 7) is 11.7. The van der Waals surface area contributed by atoms with Gasteiger partial charge in [-0.15, -0.1) is 0 Å². The minimum absolute atomic E-state index is 0.120. The van der Waals surface area contributed by atoms with Crippen molar-refractivity contribution >= 4 is 5.96 Å². The van der Waals surface area contributed by atoms with Crippen molar-refractivity contribution in [3.8, 4) is 17.2 Å². The molecule has 1 heterocycles. The molecule has 30 heavy (non-hydrogen) atoms. The van der Waals surface area contributed by atoms with E-state index >= 15 is 0 Å². The van der Waals surface area contributed by atoms with Gasteiger partial charge < -0.3 is 29.6 Å². The maximum atomic E-state index is 6.11. The summed E-state index contributed by atoms with van der Waals surface area (Å²) in [6.07, 6.45) is 2.51. The zero-order valence-electron chi connectivity index (χ0n) is 19.6. The third kappa shape index (κ3) is 6.17. The first-order valence-corrected chi connectivity index (χ1v) is 10.8. The minimum Gasteiger partial charge on any atom is -0.493 e. The van der Waals surface area contributed by atoms with E-state index in [1.807, 2.05) is 12.1 Å². The second-order valence-corrected chi connectivity index (χ2v) is 8.63. The molecule has 7 heteroatoms. The van der Waals surface area contributed by atoms with Crippen molar-refractivity contribution < 1.29 is 18.9 Å². The molecule has 0 aliphatic carbocycles. The summed E-state index contributed by atoms with van der Waals surface area (Å²) in [7, 11) is 4.85.